The second-order valence-corrected chi connectivity index (χ2v) is 6.09. The Morgan fingerprint density at radius 3 is 2.71 bits per heavy atom. The summed E-state index contributed by atoms with van der Waals surface area (Å²) in [5.41, 5.74) is 6.65. The highest BCUT2D eigenvalue weighted by atomic mass is 32.2. The van der Waals surface area contributed by atoms with Crippen molar-refractivity contribution in [1.29, 1.82) is 0 Å². The van der Waals surface area contributed by atoms with Crippen molar-refractivity contribution in [3.8, 4) is 5.88 Å². The van der Waals surface area contributed by atoms with Gasteiger partial charge in [0.25, 0.3) is 10.0 Å². The molecule has 0 bridgehead atoms. The van der Waals surface area contributed by atoms with Gasteiger partial charge >= 0.3 is 0 Å². The normalized spacial score (nSPS) is 11.4. The van der Waals surface area contributed by atoms with Crippen LogP contribution in [0.4, 0.5) is 5.69 Å². The van der Waals surface area contributed by atoms with Crippen LogP contribution >= 0.6 is 0 Å². The molecule has 0 spiro atoms. The first-order chi connectivity index (χ1) is 9.96. The van der Waals surface area contributed by atoms with E-state index in [-0.39, 0.29) is 11.4 Å². The number of pyridine rings is 1. The molecule has 0 aliphatic carbocycles. The number of aryl methyl sites for hydroxylation is 1. The van der Waals surface area contributed by atoms with E-state index in [4.69, 9.17) is 10.5 Å². The number of nitrogens with one attached hydrogen (secondary N) is 1. The van der Waals surface area contributed by atoms with Crippen molar-refractivity contribution in [3.05, 3.63) is 36.3 Å². The Hall–Kier alpha value is -2.06. The van der Waals surface area contributed by atoms with E-state index >= 15 is 0 Å². The van der Waals surface area contributed by atoms with Gasteiger partial charge in [0.1, 0.15) is 4.90 Å². The Labute approximate surface area is 123 Å². The summed E-state index contributed by atoms with van der Waals surface area (Å²) in [5.74, 6) is 0.450. The Bertz CT molecular complexity index is 708. The van der Waals surface area contributed by atoms with Crippen LogP contribution in [0.15, 0.2) is 35.5 Å². The number of aromatic nitrogens is 2. The second-order valence-electron chi connectivity index (χ2n) is 4.41. The first-order valence-corrected chi connectivity index (χ1v) is 7.91. The molecule has 0 amide bonds. The van der Waals surface area contributed by atoms with Crippen LogP contribution < -0.4 is 15.2 Å². The Morgan fingerprint density at radius 1 is 1.43 bits per heavy atom. The van der Waals surface area contributed by atoms with Gasteiger partial charge in [-0.3, -0.25) is 4.72 Å². The number of hydrogen-bond acceptors (Lipinski definition) is 5. The van der Waals surface area contributed by atoms with Crippen molar-refractivity contribution in [2.24, 2.45) is 12.8 Å². The number of sulfonamides is 1. The maximum Gasteiger partial charge on any atom is 0.263 e. The molecule has 0 saturated carbocycles. The quantitative estimate of drug-likeness (QED) is 0.831. The van der Waals surface area contributed by atoms with E-state index in [9.17, 15) is 8.42 Å². The van der Waals surface area contributed by atoms with Gasteiger partial charge < -0.3 is 15.0 Å². The van der Waals surface area contributed by atoms with Gasteiger partial charge in [0.05, 0.1) is 18.5 Å². The van der Waals surface area contributed by atoms with Gasteiger partial charge in [0.2, 0.25) is 5.88 Å². The molecular formula is C13H18N4O3S. The maximum absolute atomic E-state index is 12.3. The minimum Gasteiger partial charge on any atom is -0.478 e. The zero-order chi connectivity index (χ0) is 15.5. The second kappa shape index (κ2) is 6.15. The third-order valence-electron chi connectivity index (χ3n) is 2.88. The van der Waals surface area contributed by atoms with Crippen molar-refractivity contribution in [1.82, 2.24) is 9.55 Å². The number of nitrogens with two attached hydrogens (primary N) is 1. The van der Waals surface area contributed by atoms with E-state index in [2.05, 4.69) is 9.71 Å². The lowest BCUT2D eigenvalue weighted by Gasteiger charge is -2.07. The maximum atomic E-state index is 12.3. The fourth-order valence-electron chi connectivity index (χ4n) is 1.81. The molecule has 7 nitrogen and oxygen atoms in total. The topological polar surface area (TPSA) is 99.2 Å². The summed E-state index contributed by atoms with van der Waals surface area (Å²) in [5, 5.41) is 0. The molecule has 0 fully saturated rings. The first-order valence-electron chi connectivity index (χ1n) is 6.43. The predicted molar refractivity (Wildman–Crippen MR) is 79.5 cm³/mol. The molecule has 0 atom stereocenters. The Balaban J connectivity index is 2.20. The Kier molecular flexibility index (Phi) is 4.49. The smallest absolute Gasteiger partial charge is 0.263 e. The highest BCUT2D eigenvalue weighted by molar-refractivity contribution is 7.92. The Morgan fingerprint density at radius 2 is 2.19 bits per heavy atom. The van der Waals surface area contributed by atoms with Gasteiger partial charge in [0, 0.05) is 31.5 Å². The van der Waals surface area contributed by atoms with Crippen LogP contribution in [0, 0.1) is 0 Å². The lowest BCUT2D eigenvalue weighted by molar-refractivity contribution is 0.327. The van der Waals surface area contributed by atoms with Crippen LogP contribution in [-0.4, -0.2) is 24.6 Å². The lowest BCUT2D eigenvalue weighted by Crippen LogP contribution is -2.12. The summed E-state index contributed by atoms with van der Waals surface area (Å²) < 4.78 is 33.9. The zero-order valence-electron chi connectivity index (χ0n) is 11.9. The fraction of sp³-hybridized carbons (Fsp3) is 0.308. The van der Waals surface area contributed by atoms with E-state index in [0.717, 1.165) is 5.69 Å². The van der Waals surface area contributed by atoms with E-state index in [1.165, 1.54) is 12.4 Å². The van der Waals surface area contributed by atoms with E-state index in [1.807, 2.05) is 6.92 Å². The average Bonchev–Trinajstić information content (AvgIpc) is 2.83. The van der Waals surface area contributed by atoms with Gasteiger partial charge in [-0.2, -0.15) is 0 Å². The molecule has 3 N–H and O–H groups in total. The standard InChI is InChI=1S/C13H18N4O3S/c1-3-20-13-5-4-10(8-15-13)16-21(18,19)12-6-11(7-14)17(2)9-12/h4-6,8-9,16H,3,7,14H2,1-2H3. The summed E-state index contributed by atoms with van der Waals surface area (Å²) in [7, 11) is -1.91. The summed E-state index contributed by atoms with van der Waals surface area (Å²) in [6.45, 7) is 2.63. The van der Waals surface area contributed by atoms with Crippen LogP contribution in [0.1, 0.15) is 12.6 Å². The zero-order valence-corrected chi connectivity index (χ0v) is 12.7. The molecule has 0 aliphatic heterocycles. The summed E-state index contributed by atoms with van der Waals surface area (Å²) in [6.07, 6.45) is 2.93. The van der Waals surface area contributed by atoms with Gasteiger partial charge in [0.15, 0.2) is 0 Å². The van der Waals surface area contributed by atoms with Crippen LogP contribution in [0.25, 0.3) is 0 Å². The number of ether oxygens (including phenoxy) is 1. The molecule has 21 heavy (non-hydrogen) atoms. The summed E-state index contributed by atoms with van der Waals surface area (Å²) in [4.78, 5) is 4.18. The van der Waals surface area contributed by atoms with Crippen molar-refractivity contribution in [2.45, 2.75) is 18.4 Å². The molecule has 2 aromatic heterocycles. The predicted octanol–water partition coefficient (Wildman–Crippen LogP) is 1.08. The third kappa shape index (κ3) is 3.53. The summed E-state index contributed by atoms with van der Waals surface area (Å²) >= 11 is 0. The third-order valence-corrected chi connectivity index (χ3v) is 4.23. The van der Waals surface area contributed by atoms with Crippen molar-refractivity contribution < 1.29 is 13.2 Å². The highest BCUT2D eigenvalue weighted by Gasteiger charge is 2.17. The van der Waals surface area contributed by atoms with Crippen molar-refractivity contribution in [3.63, 3.8) is 0 Å². The molecule has 114 valence electrons. The van der Waals surface area contributed by atoms with Gasteiger partial charge in [-0.1, -0.05) is 0 Å². The molecule has 0 saturated heterocycles. The number of hydrogen-bond donors (Lipinski definition) is 2. The monoisotopic (exact) mass is 310 g/mol. The summed E-state index contributed by atoms with van der Waals surface area (Å²) in [6, 6.07) is 4.75. The van der Waals surface area contributed by atoms with Crippen molar-refractivity contribution in [2.75, 3.05) is 11.3 Å². The lowest BCUT2D eigenvalue weighted by atomic mass is 10.4. The molecule has 2 aromatic rings. The van der Waals surface area contributed by atoms with Crippen molar-refractivity contribution >= 4 is 15.7 Å². The number of nitrogens with zero attached hydrogens (tertiary/aromatic N) is 2. The highest BCUT2D eigenvalue weighted by Crippen LogP contribution is 2.19. The van der Waals surface area contributed by atoms with Gasteiger partial charge in [-0.25, -0.2) is 13.4 Å². The SMILES string of the molecule is CCOc1ccc(NS(=O)(=O)c2cc(CN)n(C)c2)cn1. The van der Waals surface area contributed by atoms with Crippen LogP contribution in [-0.2, 0) is 23.6 Å². The van der Waals surface area contributed by atoms with Crippen LogP contribution in [0.2, 0.25) is 0 Å². The van der Waals surface area contributed by atoms with E-state index in [0.29, 0.717) is 18.2 Å². The number of rotatable bonds is 6. The molecule has 0 aliphatic rings. The number of anilines is 1. The van der Waals surface area contributed by atoms with E-state index in [1.54, 1.807) is 29.8 Å². The average molecular weight is 310 g/mol. The molecule has 0 aromatic carbocycles. The molecular weight excluding hydrogens is 292 g/mol. The molecule has 2 heterocycles. The first kappa shape index (κ1) is 15.3. The van der Waals surface area contributed by atoms with E-state index < -0.39 is 10.0 Å². The fourth-order valence-corrected chi connectivity index (χ4v) is 2.95. The van der Waals surface area contributed by atoms with Crippen LogP contribution in [0.5, 0.6) is 5.88 Å². The largest absolute Gasteiger partial charge is 0.478 e. The minimum absolute atomic E-state index is 0.166. The molecule has 2 rings (SSSR count). The molecule has 0 unspecified atom stereocenters. The molecule has 8 heteroatoms. The van der Waals surface area contributed by atoms with Gasteiger partial charge in [-0.15, -0.1) is 0 Å². The van der Waals surface area contributed by atoms with Gasteiger partial charge in [-0.05, 0) is 19.1 Å². The van der Waals surface area contributed by atoms with Crippen LogP contribution in [0.3, 0.4) is 0 Å². The molecule has 0 radical (unpaired) electrons. The minimum atomic E-state index is -3.66.